The van der Waals surface area contributed by atoms with Crippen molar-refractivity contribution in [2.45, 2.75) is 45.2 Å². The Kier molecular flexibility index (Phi) is 4.15. The predicted octanol–water partition coefficient (Wildman–Crippen LogP) is 0.229. The van der Waals surface area contributed by atoms with E-state index in [0.717, 1.165) is 12.8 Å². The van der Waals surface area contributed by atoms with Gasteiger partial charge in [-0.1, -0.05) is 0 Å². The smallest absolute Gasteiger partial charge is 0.239 e. The maximum Gasteiger partial charge on any atom is 0.239 e. The van der Waals surface area contributed by atoms with Gasteiger partial charge in [0.2, 0.25) is 5.91 Å². The van der Waals surface area contributed by atoms with Crippen LogP contribution in [0.1, 0.15) is 33.6 Å². The van der Waals surface area contributed by atoms with Crippen LogP contribution in [0, 0.1) is 0 Å². The molecular formula is C11H22N4O. The highest BCUT2D eigenvalue weighted by Gasteiger charge is 2.23. The molecule has 0 atom stereocenters. The number of hydrogen-bond donors (Lipinski definition) is 3. The number of nitrogens with one attached hydrogen (secondary N) is 3. The highest BCUT2D eigenvalue weighted by atomic mass is 16.2. The van der Waals surface area contributed by atoms with Gasteiger partial charge in [0.15, 0.2) is 5.96 Å². The van der Waals surface area contributed by atoms with Crippen molar-refractivity contribution in [3.05, 3.63) is 0 Å². The number of carbonyl (C=O) groups excluding carboxylic acids is 1. The third kappa shape index (κ3) is 5.58. The first-order valence-electron chi connectivity index (χ1n) is 5.69. The van der Waals surface area contributed by atoms with E-state index in [0.29, 0.717) is 12.0 Å². The van der Waals surface area contributed by atoms with E-state index in [1.54, 1.807) is 7.05 Å². The van der Waals surface area contributed by atoms with Gasteiger partial charge in [-0.05, 0) is 33.6 Å². The van der Waals surface area contributed by atoms with Gasteiger partial charge in [-0.3, -0.25) is 9.79 Å². The van der Waals surface area contributed by atoms with Crippen LogP contribution in [0.2, 0.25) is 0 Å². The van der Waals surface area contributed by atoms with E-state index in [4.69, 9.17) is 0 Å². The monoisotopic (exact) mass is 226 g/mol. The third-order valence-corrected chi connectivity index (χ3v) is 2.08. The standard InChI is InChI=1S/C11H22N4O/c1-11(2,3)15-10(12-4)13-7-9(16)14-8-5-6-8/h8H,5-7H2,1-4H3,(H,14,16)(H2,12,13,15). The fourth-order valence-corrected chi connectivity index (χ4v) is 1.20. The average Bonchev–Trinajstić information content (AvgIpc) is 2.94. The van der Waals surface area contributed by atoms with Crippen LogP contribution in [0.15, 0.2) is 4.99 Å². The fourth-order valence-electron chi connectivity index (χ4n) is 1.20. The molecule has 5 nitrogen and oxygen atoms in total. The van der Waals surface area contributed by atoms with E-state index in [1.807, 2.05) is 20.8 Å². The van der Waals surface area contributed by atoms with Crippen LogP contribution in [0.25, 0.3) is 0 Å². The summed E-state index contributed by atoms with van der Waals surface area (Å²) in [6.07, 6.45) is 2.22. The quantitative estimate of drug-likeness (QED) is 0.477. The summed E-state index contributed by atoms with van der Waals surface area (Å²) in [6, 6.07) is 0.409. The van der Waals surface area contributed by atoms with E-state index in [1.165, 1.54) is 0 Å². The molecule has 0 unspecified atom stereocenters. The molecule has 16 heavy (non-hydrogen) atoms. The molecule has 1 aliphatic carbocycles. The Balaban J connectivity index is 2.25. The second-order valence-electron chi connectivity index (χ2n) is 5.14. The Morgan fingerprint density at radius 3 is 2.44 bits per heavy atom. The van der Waals surface area contributed by atoms with Gasteiger partial charge in [0.25, 0.3) is 0 Å². The van der Waals surface area contributed by atoms with Gasteiger partial charge in [-0.25, -0.2) is 0 Å². The van der Waals surface area contributed by atoms with Crippen molar-refractivity contribution in [3.63, 3.8) is 0 Å². The highest BCUT2D eigenvalue weighted by Crippen LogP contribution is 2.18. The number of amides is 1. The Morgan fingerprint density at radius 2 is 2.00 bits per heavy atom. The molecule has 0 radical (unpaired) electrons. The number of hydrogen-bond acceptors (Lipinski definition) is 2. The number of guanidine groups is 1. The molecule has 0 heterocycles. The summed E-state index contributed by atoms with van der Waals surface area (Å²) in [7, 11) is 1.69. The molecule has 0 spiro atoms. The fraction of sp³-hybridized carbons (Fsp3) is 0.818. The van der Waals surface area contributed by atoms with Gasteiger partial charge in [0.05, 0.1) is 6.54 Å². The summed E-state index contributed by atoms with van der Waals surface area (Å²) in [4.78, 5) is 15.5. The molecule has 0 aliphatic heterocycles. The first-order valence-corrected chi connectivity index (χ1v) is 5.69. The van der Waals surface area contributed by atoms with Crippen molar-refractivity contribution < 1.29 is 4.79 Å². The minimum atomic E-state index is -0.0607. The van der Waals surface area contributed by atoms with Crippen molar-refractivity contribution in [3.8, 4) is 0 Å². The van der Waals surface area contributed by atoms with Crippen molar-refractivity contribution in [1.29, 1.82) is 0 Å². The van der Waals surface area contributed by atoms with Crippen LogP contribution in [0.3, 0.4) is 0 Å². The van der Waals surface area contributed by atoms with Gasteiger partial charge in [-0.15, -0.1) is 0 Å². The molecule has 1 saturated carbocycles. The zero-order valence-electron chi connectivity index (χ0n) is 10.6. The lowest BCUT2D eigenvalue weighted by atomic mass is 10.1. The molecule has 0 aromatic rings. The minimum absolute atomic E-state index is 0.0272. The lowest BCUT2D eigenvalue weighted by Gasteiger charge is -2.23. The SMILES string of the molecule is CN=C(NCC(=O)NC1CC1)NC(C)(C)C. The lowest BCUT2D eigenvalue weighted by molar-refractivity contribution is -0.120. The lowest BCUT2D eigenvalue weighted by Crippen LogP contribution is -2.50. The Morgan fingerprint density at radius 1 is 1.38 bits per heavy atom. The van der Waals surface area contributed by atoms with Gasteiger partial charge < -0.3 is 16.0 Å². The average molecular weight is 226 g/mol. The van der Waals surface area contributed by atoms with Crippen LogP contribution in [0.5, 0.6) is 0 Å². The highest BCUT2D eigenvalue weighted by molar-refractivity contribution is 5.86. The molecule has 1 amide bonds. The number of rotatable bonds is 3. The molecule has 5 heteroatoms. The second-order valence-corrected chi connectivity index (χ2v) is 5.14. The summed E-state index contributed by atoms with van der Waals surface area (Å²) < 4.78 is 0. The first kappa shape index (κ1) is 12.8. The van der Waals surface area contributed by atoms with Crippen LogP contribution < -0.4 is 16.0 Å². The number of nitrogens with zero attached hydrogens (tertiary/aromatic N) is 1. The minimum Gasteiger partial charge on any atom is -0.352 e. The Bertz CT molecular complexity index is 276. The Hall–Kier alpha value is -1.26. The number of aliphatic imine (C=N–C) groups is 1. The van der Waals surface area contributed by atoms with E-state index in [2.05, 4.69) is 20.9 Å². The van der Waals surface area contributed by atoms with Crippen LogP contribution >= 0.6 is 0 Å². The van der Waals surface area contributed by atoms with Gasteiger partial charge >= 0.3 is 0 Å². The first-order chi connectivity index (χ1) is 7.40. The molecule has 3 N–H and O–H groups in total. The summed E-state index contributed by atoms with van der Waals surface area (Å²) in [5.41, 5.74) is -0.0607. The van der Waals surface area contributed by atoms with Crippen molar-refractivity contribution in [1.82, 2.24) is 16.0 Å². The van der Waals surface area contributed by atoms with Crippen molar-refractivity contribution >= 4 is 11.9 Å². The maximum absolute atomic E-state index is 11.4. The van der Waals surface area contributed by atoms with Crippen LogP contribution in [-0.2, 0) is 4.79 Å². The maximum atomic E-state index is 11.4. The largest absolute Gasteiger partial charge is 0.352 e. The summed E-state index contributed by atoms with van der Waals surface area (Å²) in [5, 5.41) is 9.09. The van der Waals surface area contributed by atoms with E-state index < -0.39 is 0 Å². The summed E-state index contributed by atoms with van der Waals surface area (Å²) in [6.45, 7) is 6.41. The van der Waals surface area contributed by atoms with Crippen LogP contribution in [0.4, 0.5) is 0 Å². The van der Waals surface area contributed by atoms with E-state index >= 15 is 0 Å². The molecule has 0 saturated heterocycles. The summed E-state index contributed by atoms with van der Waals surface area (Å²) in [5.74, 6) is 0.679. The zero-order valence-corrected chi connectivity index (χ0v) is 10.6. The third-order valence-electron chi connectivity index (χ3n) is 2.08. The second kappa shape index (κ2) is 5.18. The summed E-state index contributed by atoms with van der Waals surface area (Å²) >= 11 is 0. The molecule has 0 aromatic carbocycles. The van der Waals surface area contributed by atoms with Gasteiger partial charge in [0.1, 0.15) is 0 Å². The molecule has 1 aliphatic rings. The molecule has 92 valence electrons. The van der Waals surface area contributed by atoms with Crippen molar-refractivity contribution in [2.24, 2.45) is 4.99 Å². The molecular weight excluding hydrogens is 204 g/mol. The number of carbonyl (C=O) groups is 1. The molecule has 0 bridgehead atoms. The molecule has 0 aromatic heterocycles. The topological polar surface area (TPSA) is 65.5 Å². The van der Waals surface area contributed by atoms with E-state index in [9.17, 15) is 4.79 Å². The predicted molar refractivity (Wildman–Crippen MR) is 65.4 cm³/mol. The molecule has 1 rings (SSSR count). The van der Waals surface area contributed by atoms with Gasteiger partial charge in [0, 0.05) is 18.6 Å². The van der Waals surface area contributed by atoms with E-state index in [-0.39, 0.29) is 18.0 Å². The Labute approximate surface area is 97.1 Å². The van der Waals surface area contributed by atoms with Crippen molar-refractivity contribution in [2.75, 3.05) is 13.6 Å². The molecule has 1 fully saturated rings. The van der Waals surface area contributed by atoms with Gasteiger partial charge in [-0.2, -0.15) is 0 Å². The van der Waals surface area contributed by atoms with Crippen LogP contribution in [-0.4, -0.2) is 37.0 Å². The zero-order chi connectivity index (χ0) is 12.2. The normalized spacial score (nSPS) is 16.9.